The average molecular weight is 411 g/mol. The molecule has 0 aliphatic rings. The van der Waals surface area contributed by atoms with Gasteiger partial charge in [0.1, 0.15) is 0 Å². The molecule has 96 valence electrons. The molecule has 7 heteroatoms. The van der Waals surface area contributed by atoms with Crippen molar-refractivity contribution in [1.29, 1.82) is 0 Å². The first kappa shape index (κ1) is 14.0. The number of halogens is 2. The van der Waals surface area contributed by atoms with Crippen molar-refractivity contribution in [3.8, 4) is 0 Å². The summed E-state index contributed by atoms with van der Waals surface area (Å²) in [7, 11) is -3.42. The molecule has 1 aromatic carbocycles. The van der Waals surface area contributed by atoms with Crippen LogP contribution in [-0.2, 0) is 15.6 Å². The number of nitrogens with two attached hydrogens (primary N) is 1. The SMILES string of the molecule is Nc1cc(Br)ccc1S(=O)(=O)Cc1sccc1Br. The van der Waals surface area contributed by atoms with Crippen molar-refractivity contribution in [2.75, 3.05) is 5.73 Å². The summed E-state index contributed by atoms with van der Waals surface area (Å²) in [4.78, 5) is 0.948. The van der Waals surface area contributed by atoms with Gasteiger partial charge in [-0.1, -0.05) is 15.9 Å². The summed E-state index contributed by atoms with van der Waals surface area (Å²) in [6.45, 7) is 0. The van der Waals surface area contributed by atoms with E-state index in [0.717, 1.165) is 13.8 Å². The van der Waals surface area contributed by atoms with Crippen LogP contribution in [0.4, 0.5) is 5.69 Å². The second-order valence-electron chi connectivity index (χ2n) is 3.63. The van der Waals surface area contributed by atoms with Gasteiger partial charge in [0, 0.05) is 13.8 Å². The number of hydrogen-bond donors (Lipinski definition) is 1. The van der Waals surface area contributed by atoms with E-state index in [-0.39, 0.29) is 16.3 Å². The molecule has 2 rings (SSSR count). The summed E-state index contributed by atoms with van der Waals surface area (Å²) < 4.78 is 26.1. The van der Waals surface area contributed by atoms with E-state index in [1.165, 1.54) is 17.4 Å². The van der Waals surface area contributed by atoms with E-state index >= 15 is 0 Å². The van der Waals surface area contributed by atoms with Crippen molar-refractivity contribution in [2.45, 2.75) is 10.6 Å². The molecule has 3 nitrogen and oxygen atoms in total. The van der Waals surface area contributed by atoms with Crippen LogP contribution < -0.4 is 5.73 Å². The minimum Gasteiger partial charge on any atom is -0.398 e. The van der Waals surface area contributed by atoms with Crippen LogP contribution in [0.25, 0.3) is 0 Å². The lowest BCUT2D eigenvalue weighted by molar-refractivity contribution is 0.596. The largest absolute Gasteiger partial charge is 0.398 e. The van der Waals surface area contributed by atoms with E-state index < -0.39 is 9.84 Å². The molecule has 0 aliphatic carbocycles. The first-order valence-electron chi connectivity index (χ1n) is 4.90. The molecule has 0 saturated carbocycles. The van der Waals surface area contributed by atoms with Gasteiger partial charge < -0.3 is 5.73 Å². The van der Waals surface area contributed by atoms with E-state index in [0.29, 0.717) is 0 Å². The topological polar surface area (TPSA) is 60.2 Å². The van der Waals surface area contributed by atoms with Gasteiger partial charge in [-0.25, -0.2) is 8.42 Å². The Morgan fingerprint density at radius 1 is 1.22 bits per heavy atom. The predicted molar refractivity (Wildman–Crippen MR) is 81.5 cm³/mol. The number of rotatable bonds is 3. The normalized spacial score (nSPS) is 11.7. The van der Waals surface area contributed by atoms with Crippen LogP contribution in [0, 0.1) is 0 Å². The Bertz CT molecular complexity index is 680. The van der Waals surface area contributed by atoms with Gasteiger partial charge in [0.05, 0.1) is 16.3 Å². The van der Waals surface area contributed by atoms with Crippen molar-refractivity contribution in [3.05, 3.63) is 43.5 Å². The molecule has 0 spiro atoms. The maximum atomic E-state index is 12.3. The molecular weight excluding hydrogens is 402 g/mol. The standard InChI is InChI=1S/C11H9Br2NO2S2/c12-7-1-2-11(9(14)5-7)18(15,16)6-10-8(13)3-4-17-10/h1-5H,6,14H2. The molecule has 18 heavy (non-hydrogen) atoms. The minimum absolute atomic E-state index is 0.0446. The maximum Gasteiger partial charge on any atom is 0.185 e. The summed E-state index contributed by atoms with van der Waals surface area (Å²) in [5, 5.41) is 1.85. The molecule has 0 saturated heterocycles. The van der Waals surface area contributed by atoms with Gasteiger partial charge in [0.15, 0.2) is 9.84 Å². The second-order valence-corrected chi connectivity index (χ2v) is 8.36. The summed E-state index contributed by atoms with van der Waals surface area (Å²) in [5.74, 6) is -0.0446. The summed E-state index contributed by atoms with van der Waals surface area (Å²) in [5.41, 5.74) is 6.02. The molecule has 0 aliphatic heterocycles. The van der Waals surface area contributed by atoms with Crippen molar-refractivity contribution >= 4 is 58.7 Å². The van der Waals surface area contributed by atoms with Crippen LogP contribution in [0.1, 0.15) is 4.88 Å². The molecule has 2 aromatic rings. The molecule has 1 heterocycles. The lowest BCUT2D eigenvalue weighted by atomic mass is 10.3. The van der Waals surface area contributed by atoms with E-state index in [1.54, 1.807) is 12.1 Å². The average Bonchev–Trinajstić information content (AvgIpc) is 2.63. The van der Waals surface area contributed by atoms with Crippen molar-refractivity contribution in [1.82, 2.24) is 0 Å². The van der Waals surface area contributed by atoms with Gasteiger partial charge in [0.2, 0.25) is 0 Å². The zero-order valence-corrected chi connectivity index (χ0v) is 13.9. The molecule has 0 unspecified atom stereocenters. The molecular formula is C11H9Br2NO2S2. The van der Waals surface area contributed by atoms with Crippen molar-refractivity contribution in [3.63, 3.8) is 0 Å². The smallest absolute Gasteiger partial charge is 0.185 e. The Kier molecular flexibility index (Phi) is 4.15. The Hall–Kier alpha value is -0.370. The van der Waals surface area contributed by atoms with Crippen LogP contribution >= 0.6 is 43.2 Å². The Morgan fingerprint density at radius 3 is 2.50 bits per heavy atom. The molecule has 0 fully saturated rings. The van der Waals surface area contributed by atoms with E-state index in [9.17, 15) is 8.42 Å². The maximum absolute atomic E-state index is 12.3. The number of anilines is 1. The van der Waals surface area contributed by atoms with Crippen molar-refractivity contribution < 1.29 is 8.42 Å². The predicted octanol–water partition coefficient (Wildman–Crippen LogP) is 3.83. The lowest BCUT2D eigenvalue weighted by Gasteiger charge is -2.07. The van der Waals surface area contributed by atoms with E-state index in [1.807, 2.05) is 11.4 Å². The third kappa shape index (κ3) is 2.96. The van der Waals surface area contributed by atoms with E-state index in [4.69, 9.17) is 5.73 Å². The van der Waals surface area contributed by atoms with Crippen LogP contribution in [-0.4, -0.2) is 8.42 Å². The highest BCUT2D eigenvalue weighted by Crippen LogP contribution is 2.30. The Labute approximate surface area is 126 Å². The third-order valence-corrected chi connectivity index (χ3v) is 6.63. The third-order valence-electron chi connectivity index (χ3n) is 2.32. The lowest BCUT2D eigenvalue weighted by Crippen LogP contribution is -2.07. The van der Waals surface area contributed by atoms with Crippen molar-refractivity contribution in [2.24, 2.45) is 0 Å². The number of nitrogen functional groups attached to an aromatic ring is 1. The number of sulfone groups is 1. The summed E-state index contributed by atoms with van der Waals surface area (Å²) in [6, 6.07) is 6.62. The molecule has 0 atom stereocenters. The number of hydrogen-bond acceptors (Lipinski definition) is 4. The van der Waals surface area contributed by atoms with Crippen LogP contribution in [0.3, 0.4) is 0 Å². The minimum atomic E-state index is -3.42. The highest BCUT2D eigenvalue weighted by Gasteiger charge is 2.20. The Balaban J connectivity index is 2.40. The van der Waals surface area contributed by atoms with Gasteiger partial charge in [-0.05, 0) is 45.6 Å². The van der Waals surface area contributed by atoms with Crippen LogP contribution in [0.5, 0.6) is 0 Å². The van der Waals surface area contributed by atoms with Crippen LogP contribution in [0.2, 0.25) is 0 Å². The summed E-state index contributed by atoms with van der Waals surface area (Å²) >= 11 is 7.99. The summed E-state index contributed by atoms with van der Waals surface area (Å²) in [6.07, 6.45) is 0. The zero-order chi connectivity index (χ0) is 13.3. The quantitative estimate of drug-likeness (QED) is 0.782. The van der Waals surface area contributed by atoms with E-state index in [2.05, 4.69) is 31.9 Å². The first-order chi connectivity index (χ1) is 8.40. The van der Waals surface area contributed by atoms with Gasteiger partial charge in [-0.15, -0.1) is 11.3 Å². The fraction of sp³-hybridized carbons (Fsp3) is 0.0909. The zero-order valence-electron chi connectivity index (χ0n) is 9.06. The van der Waals surface area contributed by atoms with Gasteiger partial charge >= 0.3 is 0 Å². The monoisotopic (exact) mass is 409 g/mol. The molecule has 0 bridgehead atoms. The number of benzene rings is 1. The van der Waals surface area contributed by atoms with Crippen LogP contribution in [0.15, 0.2) is 43.5 Å². The highest BCUT2D eigenvalue weighted by atomic mass is 79.9. The molecule has 0 radical (unpaired) electrons. The highest BCUT2D eigenvalue weighted by molar-refractivity contribution is 9.10. The Morgan fingerprint density at radius 2 is 1.94 bits per heavy atom. The first-order valence-corrected chi connectivity index (χ1v) is 9.01. The fourth-order valence-electron chi connectivity index (χ4n) is 1.48. The fourth-order valence-corrected chi connectivity index (χ4v) is 5.41. The molecule has 2 N–H and O–H groups in total. The molecule has 1 aromatic heterocycles. The van der Waals surface area contributed by atoms with Gasteiger partial charge in [-0.3, -0.25) is 0 Å². The second kappa shape index (κ2) is 5.32. The van der Waals surface area contributed by atoms with Gasteiger partial charge in [0.25, 0.3) is 0 Å². The van der Waals surface area contributed by atoms with Gasteiger partial charge in [-0.2, -0.15) is 0 Å². The number of thiophene rings is 1. The molecule has 0 amide bonds.